The fraction of sp³-hybridized carbons (Fsp3) is 0.167. The number of ether oxygens (including phenoxy) is 4. The number of carbonyl (C=O) groups is 4. The summed E-state index contributed by atoms with van der Waals surface area (Å²) in [5.74, 6) is 2.27. The fourth-order valence-electron chi connectivity index (χ4n) is 10.5. The lowest BCUT2D eigenvalue weighted by Gasteiger charge is -2.52. The molecule has 56 heavy (non-hydrogen) atoms. The Bertz CT molecular complexity index is 2200. The Hall–Kier alpha value is -6.80. The number of hydrogen-bond acceptors (Lipinski definition) is 8. The van der Waals surface area contributed by atoms with Crippen molar-refractivity contribution in [2.45, 2.75) is 21.7 Å². The van der Waals surface area contributed by atoms with Crippen LogP contribution in [0.5, 0.6) is 23.0 Å². The molecule has 0 spiro atoms. The minimum absolute atomic E-state index is 0.568. The smallest absolute Gasteiger partial charge is 0.139 e. The number of methoxy groups -OCH3 is 4. The predicted molar refractivity (Wildman–Crippen MR) is 209 cm³/mol. The molecule has 8 nitrogen and oxygen atoms in total. The van der Waals surface area contributed by atoms with Crippen LogP contribution in [0.15, 0.2) is 121 Å². The molecule has 4 bridgehead atoms. The average molecular weight is 741 g/mol. The lowest BCUT2D eigenvalue weighted by atomic mass is 9.47. The third-order valence-corrected chi connectivity index (χ3v) is 12.5. The van der Waals surface area contributed by atoms with E-state index in [-0.39, 0.29) is 0 Å². The maximum atomic E-state index is 12.9. The molecule has 0 amide bonds. The lowest BCUT2D eigenvalue weighted by molar-refractivity contribution is -0.113. The van der Waals surface area contributed by atoms with E-state index in [4.69, 9.17) is 18.9 Å². The first-order chi connectivity index (χ1) is 27.4. The van der Waals surface area contributed by atoms with Gasteiger partial charge in [0.25, 0.3) is 0 Å². The number of aldehydes is 4. The molecule has 0 aliphatic heterocycles. The normalized spacial score (nSPS) is 23.2. The molecule has 0 saturated carbocycles. The van der Waals surface area contributed by atoms with E-state index < -0.39 is 21.7 Å². The molecule has 0 saturated heterocycles. The number of hydrogen-bond donors (Lipinski definition) is 0. The average Bonchev–Trinajstić information content (AvgIpc) is 3.28. The van der Waals surface area contributed by atoms with E-state index in [1.165, 1.54) is 0 Å². The van der Waals surface area contributed by atoms with Crippen LogP contribution < -0.4 is 18.9 Å². The second kappa shape index (κ2) is 12.4. The second-order valence-electron chi connectivity index (χ2n) is 14.3. The Morgan fingerprint density at radius 1 is 0.304 bits per heavy atom. The molecule has 0 N–H and O–H groups in total. The standard InChI is InChI=1S/2C24H18O4/c2*1-27-19-11-12-20(28-2)22-21(19)23(13-25)15-7-3-5-9-17(15)24(22,14-26)18-10-6-4-8-16(18)23/h2*3-14H,1-2H3. The lowest BCUT2D eigenvalue weighted by Crippen LogP contribution is -2.52. The van der Waals surface area contributed by atoms with Crippen molar-refractivity contribution < 1.29 is 38.1 Å². The van der Waals surface area contributed by atoms with Crippen molar-refractivity contribution in [2.75, 3.05) is 28.4 Å². The summed E-state index contributed by atoms with van der Waals surface area (Å²) in [4.78, 5) is 51.6. The maximum absolute atomic E-state index is 12.9. The minimum atomic E-state index is -1.06. The highest BCUT2D eigenvalue weighted by Crippen LogP contribution is 2.66. The first kappa shape index (κ1) is 34.9. The van der Waals surface area contributed by atoms with Crippen LogP contribution in [0.2, 0.25) is 0 Å². The van der Waals surface area contributed by atoms with Crippen LogP contribution in [0.25, 0.3) is 0 Å². The molecule has 0 heterocycles. The molecule has 6 aromatic carbocycles. The van der Waals surface area contributed by atoms with Gasteiger partial charge in [0.15, 0.2) is 0 Å². The molecule has 6 aliphatic carbocycles. The van der Waals surface area contributed by atoms with Crippen molar-refractivity contribution in [3.63, 3.8) is 0 Å². The summed E-state index contributed by atoms with van der Waals surface area (Å²) in [5.41, 5.74) is 5.02. The summed E-state index contributed by atoms with van der Waals surface area (Å²) in [5, 5.41) is 0. The van der Waals surface area contributed by atoms with Crippen LogP contribution in [0.4, 0.5) is 0 Å². The van der Waals surface area contributed by atoms with Crippen LogP contribution in [-0.2, 0) is 40.8 Å². The predicted octanol–water partition coefficient (Wildman–Crippen LogP) is 6.79. The van der Waals surface area contributed by atoms with Crippen LogP contribution in [0, 0.1) is 0 Å². The van der Waals surface area contributed by atoms with Crippen molar-refractivity contribution in [3.05, 3.63) is 188 Å². The van der Waals surface area contributed by atoms with E-state index in [0.717, 1.165) is 69.7 Å². The van der Waals surface area contributed by atoms with Gasteiger partial charge in [0.2, 0.25) is 0 Å². The van der Waals surface area contributed by atoms with Gasteiger partial charge in [-0.1, -0.05) is 97.1 Å². The summed E-state index contributed by atoms with van der Waals surface area (Å²) >= 11 is 0. The molecule has 0 fully saturated rings. The molecule has 0 aromatic heterocycles. The molecule has 8 heteroatoms. The second-order valence-corrected chi connectivity index (χ2v) is 14.3. The van der Waals surface area contributed by atoms with Crippen LogP contribution in [0.3, 0.4) is 0 Å². The Kier molecular flexibility index (Phi) is 7.71. The summed E-state index contributed by atoms with van der Waals surface area (Å²) in [6, 6.07) is 37.8. The Morgan fingerprint density at radius 2 is 0.464 bits per heavy atom. The van der Waals surface area contributed by atoms with Crippen molar-refractivity contribution in [1.82, 2.24) is 0 Å². The van der Waals surface area contributed by atoms with Gasteiger partial charge in [-0.25, -0.2) is 0 Å². The highest BCUT2D eigenvalue weighted by atomic mass is 16.5. The monoisotopic (exact) mass is 740 g/mol. The highest BCUT2D eigenvalue weighted by Gasteiger charge is 2.63. The van der Waals surface area contributed by atoms with Crippen LogP contribution in [0.1, 0.15) is 66.8 Å². The van der Waals surface area contributed by atoms with Gasteiger partial charge in [-0.2, -0.15) is 0 Å². The zero-order valence-corrected chi connectivity index (χ0v) is 31.1. The summed E-state index contributed by atoms with van der Waals surface area (Å²) in [6.45, 7) is 0. The van der Waals surface area contributed by atoms with Gasteiger partial charge < -0.3 is 38.1 Å². The molecule has 12 rings (SSSR count). The molecule has 0 unspecified atom stereocenters. The van der Waals surface area contributed by atoms with Gasteiger partial charge in [0, 0.05) is 22.3 Å². The quantitative estimate of drug-likeness (QED) is 0.157. The summed E-state index contributed by atoms with van der Waals surface area (Å²) in [6.07, 6.45) is 3.89. The van der Waals surface area contributed by atoms with Crippen molar-refractivity contribution in [1.29, 1.82) is 0 Å². The van der Waals surface area contributed by atoms with Crippen LogP contribution in [-0.4, -0.2) is 53.6 Å². The maximum Gasteiger partial charge on any atom is 0.139 e. The first-order valence-electron chi connectivity index (χ1n) is 18.2. The molecule has 6 aliphatic rings. The molecular weight excluding hydrogens is 705 g/mol. The Balaban J connectivity index is 0.000000146. The first-order valence-corrected chi connectivity index (χ1v) is 18.2. The van der Waals surface area contributed by atoms with Crippen LogP contribution >= 0.6 is 0 Å². The molecular formula is C48H36O8. The van der Waals surface area contributed by atoms with E-state index in [0.29, 0.717) is 45.3 Å². The van der Waals surface area contributed by atoms with Crippen molar-refractivity contribution in [2.24, 2.45) is 0 Å². The number of benzene rings is 6. The molecule has 0 atom stereocenters. The van der Waals surface area contributed by atoms with Gasteiger partial charge in [-0.15, -0.1) is 0 Å². The highest BCUT2D eigenvalue weighted by molar-refractivity contribution is 6.01. The number of rotatable bonds is 8. The van der Waals surface area contributed by atoms with Gasteiger partial charge >= 0.3 is 0 Å². The largest absolute Gasteiger partial charge is 0.496 e. The third-order valence-electron chi connectivity index (χ3n) is 12.5. The zero-order valence-electron chi connectivity index (χ0n) is 31.1. The van der Waals surface area contributed by atoms with E-state index in [1.807, 2.05) is 97.1 Å². The van der Waals surface area contributed by atoms with Gasteiger partial charge in [-0.05, 0) is 68.8 Å². The molecule has 6 aromatic rings. The van der Waals surface area contributed by atoms with E-state index >= 15 is 0 Å². The third kappa shape index (κ3) is 3.78. The Labute approximate surface area is 323 Å². The van der Waals surface area contributed by atoms with Crippen molar-refractivity contribution in [3.8, 4) is 23.0 Å². The van der Waals surface area contributed by atoms with E-state index in [1.54, 1.807) is 52.7 Å². The minimum Gasteiger partial charge on any atom is -0.496 e. The van der Waals surface area contributed by atoms with Gasteiger partial charge in [0.05, 0.1) is 28.4 Å². The van der Waals surface area contributed by atoms with E-state index in [9.17, 15) is 19.2 Å². The summed E-state index contributed by atoms with van der Waals surface area (Å²) in [7, 11) is 6.31. The SMILES string of the molecule is COc1ccc(OC)c2c1C1(C=O)c3ccccc3C2(C=O)c2ccccc21.COc1ccc(OC)c2c1C1(C=O)c3ccccc3C2(C=O)c2ccccc21. The van der Waals surface area contributed by atoms with E-state index in [2.05, 4.69) is 0 Å². The molecule has 0 radical (unpaired) electrons. The van der Waals surface area contributed by atoms with Crippen molar-refractivity contribution >= 4 is 25.1 Å². The molecule has 276 valence electrons. The van der Waals surface area contributed by atoms with Gasteiger partial charge in [0.1, 0.15) is 69.8 Å². The zero-order chi connectivity index (χ0) is 39.0. The topological polar surface area (TPSA) is 105 Å². The van der Waals surface area contributed by atoms with Gasteiger partial charge in [-0.3, -0.25) is 0 Å². The fourth-order valence-corrected chi connectivity index (χ4v) is 10.5. The number of carbonyl (C=O) groups excluding carboxylic acids is 4. The summed E-state index contributed by atoms with van der Waals surface area (Å²) < 4.78 is 22.7. The Morgan fingerprint density at radius 3 is 0.589 bits per heavy atom.